The van der Waals surface area contributed by atoms with Gasteiger partial charge in [-0.1, -0.05) is 12.1 Å². The molecule has 3 heterocycles. The minimum Gasteiger partial charge on any atom is -0.362 e. The van der Waals surface area contributed by atoms with Crippen LogP contribution in [0.2, 0.25) is 0 Å². The number of aromatic nitrogens is 3. The van der Waals surface area contributed by atoms with Crippen molar-refractivity contribution >= 4 is 22.6 Å². The molecule has 7 nitrogen and oxygen atoms in total. The molecule has 4 rings (SSSR count). The van der Waals surface area contributed by atoms with E-state index in [1.807, 2.05) is 25.2 Å². The number of urea groups is 1. The first kappa shape index (κ1) is 18.1. The van der Waals surface area contributed by atoms with Crippen molar-refractivity contribution in [2.45, 2.75) is 12.8 Å². The Morgan fingerprint density at radius 1 is 1.29 bits per heavy atom. The number of carbonyl (C=O) groups is 1. The van der Waals surface area contributed by atoms with Crippen LogP contribution < -0.4 is 10.2 Å². The third-order valence-corrected chi connectivity index (χ3v) is 4.98. The molecule has 1 fully saturated rings. The molecule has 2 amide bonds. The molecule has 9 heteroatoms. The van der Waals surface area contributed by atoms with Crippen molar-refractivity contribution in [3.63, 3.8) is 0 Å². The highest BCUT2D eigenvalue weighted by atomic mass is 19.1. The second-order valence-corrected chi connectivity index (χ2v) is 6.68. The first-order chi connectivity index (χ1) is 13.5. The summed E-state index contributed by atoms with van der Waals surface area (Å²) < 4.78 is 30.2. The van der Waals surface area contributed by atoms with Crippen LogP contribution >= 0.6 is 0 Å². The van der Waals surface area contributed by atoms with E-state index in [1.165, 1.54) is 12.3 Å². The quantitative estimate of drug-likeness (QED) is 0.703. The Bertz CT molecular complexity index is 1010. The molecule has 0 saturated carbocycles. The lowest BCUT2D eigenvalue weighted by Gasteiger charge is -2.38. The number of benzene rings is 1. The predicted molar refractivity (Wildman–Crippen MR) is 101 cm³/mol. The molecule has 1 aromatic carbocycles. The summed E-state index contributed by atoms with van der Waals surface area (Å²) in [6.07, 6.45) is 2.77. The lowest BCUT2D eigenvalue weighted by atomic mass is 10.1. The van der Waals surface area contributed by atoms with Crippen LogP contribution in [0.25, 0.3) is 10.9 Å². The first-order valence-electron chi connectivity index (χ1n) is 8.97. The SMILES string of the molecule is Cn1ncc2c(CNC(=O)N3CCN(c4ccncc4F)C[C@H]3F)cccc21. The van der Waals surface area contributed by atoms with Gasteiger partial charge in [0.15, 0.2) is 12.1 Å². The average Bonchev–Trinajstić information content (AvgIpc) is 3.08. The van der Waals surface area contributed by atoms with Crippen molar-refractivity contribution in [3.8, 4) is 0 Å². The number of piperazine rings is 1. The van der Waals surface area contributed by atoms with Crippen LogP contribution in [-0.2, 0) is 13.6 Å². The van der Waals surface area contributed by atoms with E-state index < -0.39 is 18.1 Å². The highest BCUT2D eigenvalue weighted by Gasteiger charge is 2.31. The molecule has 1 aliphatic heterocycles. The van der Waals surface area contributed by atoms with E-state index in [0.717, 1.165) is 27.6 Å². The van der Waals surface area contributed by atoms with Crippen molar-refractivity contribution in [3.05, 3.63) is 54.2 Å². The molecule has 3 aromatic rings. The van der Waals surface area contributed by atoms with Gasteiger partial charge in [-0.3, -0.25) is 14.6 Å². The van der Waals surface area contributed by atoms with Gasteiger partial charge in [-0.05, 0) is 17.7 Å². The summed E-state index contributed by atoms with van der Waals surface area (Å²) in [4.78, 5) is 18.9. The number of halogens is 2. The minimum absolute atomic E-state index is 0.0907. The molecule has 1 N–H and O–H groups in total. The van der Waals surface area contributed by atoms with Gasteiger partial charge in [0.05, 0.1) is 30.1 Å². The number of nitrogens with one attached hydrogen (secondary N) is 1. The number of carbonyl (C=O) groups excluding carboxylic acids is 1. The molecule has 0 radical (unpaired) electrons. The van der Waals surface area contributed by atoms with Gasteiger partial charge in [-0.2, -0.15) is 5.10 Å². The number of rotatable bonds is 3. The van der Waals surface area contributed by atoms with Crippen molar-refractivity contribution in [1.29, 1.82) is 0 Å². The number of fused-ring (bicyclic) bond motifs is 1. The van der Waals surface area contributed by atoms with E-state index in [-0.39, 0.29) is 19.6 Å². The van der Waals surface area contributed by atoms with E-state index >= 15 is 0 Å². The maximum absolute atomic E-state index is 14.6. The molecule has 1 saturated heterocycles. The Morgan fingerprint density at radius 3 is 2.93 bits per heavy atom. The predicted octanol–water partition coefficient (Wildman–Crippen LogP) is 2.43. The Kier molecular flexibility index (Phi) is 4.81. The lowest BCUT2D eigenvalue weighted by Crippen LogP contribution is -2.56. The van der Waals surface area contributed by atoms with Crippen molar-refractivity contribution in [1.82, 2.24) is 25.0 Å². The second kappa shape index (κ2) is 7.41. The number of nitrogens with zero attached hydrogens (tertiary/aromatic N) is 5. The molecule has 0 aliphatic carbocycles. The third-order valence-electron chi connectivity index (χ3n) is 4.98. The summed E-state index contributed by atoms with van der Waals surface area (Å²) in [5.41, 5.74) is 2.16. The van der Waals surface area contributed by atoms with E-state index in [4.69, 9.17) is 0 Å². The number of anilines is 1. The van der Waals surface area contributed by atoms with Crippen LogP contribution in [0.1, 0.15) is 5.56 Å². The molecule has 146 valence electrons. The van der Waals surface area contributed by atoms with Gasteiger partial charge in [-0.15, -0.1) is 0 Å². The Balaban J connectivity index is 1.40. The standard InChI is InChI=1S/C19H20F2N6O/c1-25-16-4-2-3-13(14(16)10-24-25)9-23-19(28)27-8-7-26(12-18(27)21)17-5-6-22-11-15(17)20/h2-6,10-11,18H,7-9,12H2,1H3,(H,23,28)/t18-/m0/s1. The average molecular weight is 386 g/mol. The summed E-state index contributed by atoms with van der Waals surface area (Å²) in [5, 5.41) is 7.94. The molecule has 0 unspecified atom stereocenters. The highest BCUT2D eigenvalue weighted by Crippen LogP contribution is 2.22. The Labute approximate surface area is 160 Å². The summed E-state index contributed by atoms with van der Waals surface area (Å²) in [5.74, 6) is -0.503. The molecule has 0 bridgehead atoms. The summed E-state index contributed by atoms with van der Waals surface area (Å²) in [6, 6.07) is 6.77. The monoisotopic (exact) mass is 386 g/mol. The van der Waals surface area contributed by atoms with Crippen LogP contribution in [0.15, 0.2) is 42.9 Å². The topological polar surface area (TPSA) is 66.3 Å². The van der Waals surface area contributed by atoms with Crippen molar-refractivity contribution in [2.24, 2.45) is 7.05 Å². The maximum atomic E-state index is 14.6. The fraction of sp³-hybridized carbons (Fsp3) is 0.316. The van der Waals surface area contributed by atoms with Gasteiger partial charge in [0.25, 0.3) is 0 Å². The lowest BCUT2D eigenvalue weighted by molar-refractivity contribution is 0.0946. The molecule has 0 spiro atoms. The number of amides is 2. The number of hydrogen-bond acceptors (Lipinski definition) is 4. The van der Waals surface area contributed by atoms with Crippen LogP contribution in [0, 0.1) is 5.82 Å². The van der Waals surface area contributed by atoms with Crippen LogP contribution in [0.3, 0.4) is 0 Å². The summed E-state index contributed by atoms with van der Waals surface area (Å²) in [6.45, 7) is 0.680. The van der Waals surface area contributed by atoms with Crippen LogP contribution in [0.4, 0.5) is 19.3 Å². The molecule has 1 atom stereocenters. The first-order valence-corrected chi connectivity index (χ1v) is 8.97. The van der Waals surface area contributed by atoms with Crippen LogP contribution in [-0.4, -0.2) is 51.6 Å². The minimum atomic E-state index is -1.53. The molecular formula is C19H20F2N6O. The normalized spacial score (nSPS) is 17.2. The van der Waals surface area contributed by atoms with Gasteiger partial charge in [-0.25, -0.2) is 13.6 Å². The van der Waals surface area contributed by atoms with Gasteiger partial charge >= 0.3 is 6.03 Å². The maximum Gasteiger partial charge on any atom is 0.320 e. The van der Waals surface area contributed by atoms with Crippen molar-refractivity contribution in [2.75, 3.05) is 24.5 Å². The summed E-state index contributed by atoms with van der Waals surface area (Å²) >= 11 is 0. The Hall–Kier alpha value is -3.23. The van der Waals surface area contributed by atoms with Crippen molar-refractivity contribution < 1.29 is 13.6 Å². The molecular weight excluding hydrogens is 366 g/mol. The van der Waals surface area contributed by atoms with Gasteiger partial charge in [0.2, 0.25) is 0 Å². The van der Waals surface area contributed by atoms with E-state index in [9.17, 15) is 13.6 Å². The molecule has 2 aromatic heterocycles. The smallest absolute Gasteiger partial charge is 0.320 e. The van der Waals surface area contributed by atoms with Gasteiger partial charge in [0, 0.05) is 38.3 Å². The highest BCUT2D eigenvalue weighted by molar-refractivity contribution is 5.83. The molecule has 28 heavy (non-hydrogen) atoms. The summed E-state index contributed by atoms with van der Waals surface area (Å²) in [7, 11) is 1.85. The Morgan fingerprint density at radius 2 is 2.14 bits per heavy atom. The largest absolute Gasteiger partial charge is 0.362 e. The van der Waals surface area contributed by atoms with Gasteiger partial charge in [0.1, 0.15) is 0 Å². The van der Waals surface area contributed by atoms with Gasteiger partial charge < -0.3 is 10.2 Å². The van der Waals surface area contributed by atoms with E-state index in [0.29, 0.717) is 12.2 Å². The third kappa shape index (κ3) is 3.35. The molecule has 1 aliphatic rings. The number of pyridine rings is 1. The zero-order valence-corrected chi connectivity index (χ0v) is 15.3. The second-order valence-electron chi connectivity index (χ2n) is 6.68. The zero-order chi connectivity index (χ0) is 19.7. The number of alkyl halides is 1. The fourth-order valence-electron chi connectivity index (χ4n) is 3.48. The zero-order valence-electron chi connectivity index (χ0n) is 15.3. The number of aryl methyl sites for hydroxylation is 1. The van der Waals surface area contributed by atoms with E-state index in [2.05, 4.69) is 15.4 Å². The van der Waals surface area contributed by atoms with Crippen LogP contribution in [0.5, 0.6) is 0 Å². The van der Waals surface area contributed by atoms with E-state index in [1.54, 1.807) is 15.8 Å². The fourth-order valence-corrected chi connectivity index (χ4v) is 3.48. The number of hydrogen-bond donors (Lipinski definition) is 1.